The number of phenols is 2. The van der Waals surface area contributed by atoms with Crippen molar-refractivity contribution >= 4 is 11.0 Å². The summed E-state index contributed by atoms with van der Waals surface area (Å²) in [7, 11) is 0. The number of aliphatic hydroxyl groups is 13. The van der Waals surface area contributed by atoms with E-state index in [-0.39, 0.29) is 22.6 Å². The van der Waals surface area contributed by atoms with Gasteiger partial charge in [-0.25, -0.2) is 0 Å². The molecule has 5 aliphatic rings. The van der Waals surface area contributed by atoms with Gasteiger partial charge in [0.05, 0.1) is 31.0 Å². The summed E-state index contributed by atoms with van der Waals surface area (Å²) in [6.07, 6.45) is -42.1. The third kappa shape index (κ3) is 10.5. The topological polar surface area (TPSA) is 426 Å². The first-order chi connectivity index (χ1) is 34.0. The molecule has 25 atom stereocenters. The maximum absolute atomic E-state index is 14.7. The first kappa shape index (κ1) is 54.3. The van der Waals surface area contributed by atoms with Gasteiger partial charge in [0, 0.05) is 17.7 Å². The lowest BCUT2D eigenvalue weighted by molar-refractivity contribution is -0.378. The highest BCUT2D eigenvalue weighted by Gasteiger charge is 2.54. The Hall–Kier alpha value is -3.99. The SMILES string of the molecule is C[C@@H]1O[C@@H](OC[C@H]2O[C@@H](Oc3c(-c4ccc(O)cc4)oc4cc(O[C@@H]5O[C@@H](C)[C@H](O)[C@@H](O)[C@H]5O)cc(O)c4c3=O)[C@H](O[C@@H]3O[C@@H](C)[C@H](O)[C@@H](O[C@@H]4O[C@@H](C)[C@H](O)[C@@H](O)[C@H]4O)[C@H]3O)[C@@H](O)[C@H]2O)[C@H](O)[C@H](O)[C@H]1O. The molecule has 0 spiro atoms. The van der Waals surface area contributed by atoms with Crippen LogP contribution in [0.5, 0.6) is 23.0 Å². The highest BCUT2D eigenvalue weighted by molar-refractivity contribution is 5.88. The van der Waals surface area contributed by atoms with Crippen molar-refractivity contribution in [2.45, 2.75) is 181 Å². The number of phenolic OH excluding ortho intramolecular Hbond substituents is 2. The molecule has 0 radical (unpaired) electrons. The molecular formula is C45H60O27. The van der Waals surface area contributed by atoms with Crippen molar-refractivity contribution in [3.8, 4) is 34.3 Å². The van der Waals surface area contributed by atoms with Crippen molar-refractivity contribution < 1.29 is 128 Å². The number of ether oxygens (including phenoxy) is 10. The molecule has 5 fully saturated rings. The second-order valence-electron chi connectivity index (χ2n) is 18.5. The van der Waals surface area contributed by atoms with Gasteiger partial charge in [0.1, 0.15) is 120 Å². The van der Waals surface area contributed by atoms with E-state index in [9.17, 15) is 81.4 Å². The van der Waals surface area contributed by atoms with Crippen LogP contribution < -0.4 is 14.9 Å². The van der Waals surface area contributed by atoms with Gasteiger partial charge in [0.2, 0.25) is 23.8 Å². The van der Waals surface area contributed by atoms with Crippen LogP contribution in [0.25, 0.3) is 22.3 Å². The largest absolute Gasteiger partial charge is 0.508 e. The number of aliphatic hydroxyl groups excluding tert-OH is 13. The second kappa shape index (κ2) is 21.7. The fraction of sp³-hybridized carbons (Fsp3) is 0.667. The number of fused-ring (bicyclic) bond motifs is 1. The van der Waals surface area contributed by atoms with E-state index >= 15 is 0 Å². The van der Waals surface area contributed by atoms with Crippen molar-refractivity contribution in [2.24, 2.45) is 0 Å². The lowest BCUT2D eigenvalue weighted by Gasteiger charge is -2.48. The van der Waals surface area contributed by atoms with Crippen molar-refractivity contribution in [1.82, 2.24) is 0 Å². The van der Waals surface area contributed by atoms with Crippen LogP contribution in [0.4, 0.5) is 0 Å². The predicted molar refractivity (Wildman–Crippen MR) is 232 cm³/mol. The summed E-state index contributed by atoms with van der Waals surface area (Å²) < 4.78 is 64.1. The quantitative estimate of drug-likeness (QED) is 0.0806. The zero-order chi connectivity index (χ0) is 52.4. The van der Waals surface area contributed by atoms with E-state index in [1.165, 1.54) is 52.0 Å². The molecule has 402 valence electrons. The van der Waals surface area contributed by atoms with Crippen LogP contribution in [-0.2, 0) is 37.9 Å². The Morgan fingerprint density at radius 3 is 1.58 bits per heavy atom. The standard InChI is InChI=1S/C45H60O27/c1-12-23(48)29(54)33(58)41(63-12)62-11-21-27(52)32(57)40(72-44-36(61)38(26(51)15(4)66-44)70-43-35(60)31(56)25(50)14(3)65-43)45(69-21)71-39-28(53)22-19(47)9-18(67-42-34(59)30(55)24(49)13(2)64-42)10-20(22)68-37(39)16-5-7-17(46)8-6-16/h5-10,12-15,21,23-27,29-36,38,40-52,54-61H,11H2,1-4H3/t12-,13-,14-,15-,21+,23-,24-,25-,26-,27-,29+,30+,31+,32-,33+,34+,35+,36+,38+,40+,41+,42-,43-,44-,45-/m0/s1. The van der Waals surface area contributed by atoms with Crippen LogP contribution in [-0.4, -0.2) is 237 Å². The fourth-order valence-corrected chi connectivity index (χ4v) is 8.93. The molecule has 5 aliphatic heterocycles. The van der Waals surface area contributed by atoms with E-state index in [2.05, 4.69) is 0 Å². The Morgan fingerprint density at radius 2 is 0.986 bits per heavy atom. The number of rotatable bonds is 12. The molecule has 0 aliphatic carbocycles. The summed E-state index contributed by atoms with van der Waals surface area (Å²) in [5, 5.41) is 161. The lowest BCUT2D eigenvalue weighted by Crippen LogP contribution is -2.66. The van der Waals surface area contributed by atoms with E-state index in [0.29, 0.717) is 0 Å². The van der Waals surface area contributed by atoms with Crippen molar-refractivity contribution in [3.63, 3.8) is 0 Å². The molecule has 27 heteroatoms. The summed E-state index contributed by atoms with van der Waals surface area (Å²) in [6, 6.07) is 7.09. The van der Waals surface area contributed by atoms with E-state index in [0.717, 1.165) is 12.1 Å². The molecule has 27 nitrogen and oxygen atoms in total. The van der Waals surface area contributed by atoms with Crippen LogP contribution in [0.3, 0.4) is 0 Å². The predicted octanol–water partition coefficient (Wildman–Crippen LogP) is -5.19. The molecular weight excluding hydrogens is 972 g/mol. The molecule has 0 unspecified atom stereocenters. The van der Waals surface area contributed by atoms with Crippen molar-refractivity contribution in [2.75, 3.05) is 6.61 Å². The molecule has 8 rings (SSSR count). The van der Waals surface area contributed by atoms with Gasteiger partial charge >= 0.3 is 0 Å². The minimum Gasteiger partial charge on any atom is -0.508 e. The van der Waals surface area contributed by atoms with Gasteiger partial charge in [-0.05, 0) is 52.0 Å². The average Bonchev–Trinajstić information content (AvgIpc) is 3.34. The first-order valence-corrected chi connectivity index (χ1v) is 23.0. The lowest BCUT2D eigenvalue weighted by atomic mass is 9.96. The molecule has 5 saturated heterocycles. The fourth-order valence-electron chi connectivity index (χ4n) is 8.93. The van der Waals surface area contributed by atoms with E-state index in [1.54, 1.807) is 0 Å². The number of hydrogen-bond donors (Lipinski definition) is 15. The van der Waals surface area contributed by atoms with Crippen LogP contribution in [0, 0.1) is 0 Å². The Kier molecular flexibility index (Phi) is 16.4. The number of hydrogen-bond acceptors (Lipinski definition) is 27. The Labute approximate surface area is 407 Å². The molecule has 15 N–H and O–H groups in total. The summed E-state index contributed by atoms with van der Waals surface area (Å²) in [5.41, 5.74) is -1.48. The highest BCUT2D eigenvalue weighted by atomic mass is 16.8. The van der Waals surface area contributed by atoms with Gasteiger partial charge in [-0.3, -0.25) is 4.79 Å². The Morgan fingerprint density at radius 1 is 0.486 bits per heavy atom. The monoisotopic (exact) mass is 1030 g/mol. The van der Waals surface area contributed by atoms with Crippen LogP contribution in [0.1, 0.15) is 27.7 Å². The van der Waals surface area contributed by atoms with Crippen LogP contribution in [0.15, 0.2) is 45.6 Å². The number of aromatic hydroxyl groups is 2. The van der Waals surface area contributed by atoms with Gasteiger partial charge in [-0.2, -0.15) is 0 Å². The molecule has 3 aromatic rings. The minimum absolute atomic E-state index is 0.0320. The van der Waals surface area contributed by atoms with Gasteiger partial charge in [0.25, 0.3) is 0 Å². The molecule has 0 amide bonds. The molecule has 72 heavy (non-hydrogen) atoms. The summed E-state index contributed by atoms with van der Waals surface area (Å²) in [5.74, 6) is -2.50. The van der Waals surface area contributed by atoms with Crippen molar-refractivity contribution in [1.29, 1.82) is 0 Å². The molecule has 1 aromatic heterocycles. The third-order valence-corrected chi connectivity index (χ3v) is 13.4. The Bertz CT molecular complexity index is 2370. The zero-order valence-corrected chi connectivity index (χ0v) is 38.7. The van der Waals surface area contributed by atoms with Gasteiger partial charge in [-0.15, -0.1) is 0 Å². The van der Waals surface area contributed by atoms with E-state index in [4.69, 9.17) is 51.8 Å². The summed E-state index contributed by atoms with van der Waals surface area (Å²) in [4.78, 5) is 14.7. The second-order valence-corrected chi connectivity index (χ2v) is 18.5. The zero-order valence-electron chi connectivity index (χ0n) is 38.7. The normalized spacial score (nSPS) is 43.9. The first-order valence-electron chi connectivity index (χ1n) is 23.0. The maximum Gasteiger partial charge on any atom is 0.239 e. The summed E-state index contributed by atoms with van der Waals surface area (Å²) >= 11 is 0. The average molecular weight is 1030 g/mol. The highest BCUT2D eigenvalue weighted by Crippen LogP contribution is 2.40. The van der Waals surface area contributed by atoms with Crippen molar-refractivity contribution in [3.05, 3.63) is 46.6 Å². The van der Waals surface area contributed by atoms with Gasteiger partial charge in [0.15, 0.2) is 30.7 Å². The molecule has 0 saturated carbocycles. The van der Waals surface area contributed by atoms with Gasteiger partial charge < -0.3 is 128 Å². The number of benzene rings is 2. The molecule has 0 bridgehead atoms. The van der Waals surface area contributed by atoms with E-state index in [1.807, 2.05) is 0 Å². The molecule has 6 heterocycles. The minimum atomic E-state index is -2.16. The van der Waals surface area contributed by atoms with E-state index < -0.39 is 188 Å². The Balaban J connectivity index is 1.15. The van der Waals surface area contributed by atoms with Crippen LogP contribution >= 0.6 is 0 Å². The van der Waals surface area contributed by atoms with Crippen LogP contribution in [0.2, 0.25) is 0 Å². The molecule has 2 aromatic carbocycles. The maximum atomic E-state index is 14.7. The third-order valence-electron chi connectivity index (χ3n) is 13.4. The smallest absolute Gasteiger partial charge is 0.239 e. The summed E-state index contributed by atoms with van der Waals surface area (Å²) in [6.45, 7) is 4.73. The van der Waals surface area contributed by atoms with Gasteiger partial charge in [-0.1, -0.05) is 0 Å².